The Morgan fingerprint density at radius 1 is 1.28 bits per heavy atom. The van der Waals surface area contributed by atoms with Crippen molar-refractivity contribution in [2.24, 2.45) is 7.05 Å². The molecule has 0 aromatic carbocycles. The van der Waals surface area contributed by atoms with Crippen LogP contribution in [0.5, 0.6) is 0 Å². The summed E-state index contributed by atoms with van der Waals surface area (Å²) in [5.74, 6) is 0. The maximum absolute atomic E-state index is 12.8. The Bertz CT molecular complexity index is 839. The van der Waals surface area contributed by atoms with Gasteiger partial charge >= 0.3 is 0 Å². The van der Waals surface area contributed by atoms with E-state index in [1.807, 2.05) is 11.7 Å². The molecule has 1 saturated heterocycles. The topological polar surface area (TPSA) is 67.7 Å². The third-order valence-corrected chi connectivity index (χ3v) is 8.08. The summed E-state index contributed by atoms with van der Waals surface area (Å²) in [7, 11) is -1.47. The fourth-order valence-corrected chi connectivity index (χ4v) is 6.04. The molecule has 136 valence electrons. The number of sulfonamides is 1. The first-order chi connectivity index (χ1) is 12.1. The van der Waals surface area contributed by atoms with Crippen LogP contribution in [0.2, 0.25) is 0 Å². The van der Waals surface area contributed by atoms with Crippen LogP contribution in [0.4, 0.5) is 0 Å². The van der Waals surface area contributed by atoms with Gasteiger partial charge in [-0.15, -0.1) is 11.3 Å². The van der Waals surface area contributed by atoms with Crippen LogP contribution in [-0.4, -0.2) is 60.3 Å². The Kier molecular flexibility index (Phi) is 4.67. The first-order valence-corrected chi connectivity index (χ1v) is 10.7. The Hall–Kier alpha value is -1.26. The molecule has 2 aromatic heterocycles. The van der Waals surface area contributed by atoms with Crippen LogP contribution < -0.4 is 0 Å². The zero-order chi connectivity index (χ0) is 17.4. The van der Waals surface area contributed by atoms with Gasteiger partial charge in [-0.1, -0.05) is 6.07 Å². The second-order valence-electron chi connectivity index (χ2n) is 6.40. The number of morpholine rings is 1. The largest absolute Gasteiger partial charge is 0.379 e. The molecule has 4 heterocycles. The highest BCUT2D eigenvalue weighted by molar-refractivity contribution is 7.91. The van der Waals surface area contributed by atoms with E-state index < -0.39 is 10.0 Å². The highest BCUT2D eigenvalue weighted by Crippen LogP contribution is 2.29. The summed E-state index contributed by atoms with van der Waals surface area (Å²) in [5.41, 5.74) is 3.21. The van der Waals surface area contributed by atoms with Crippen LogP contribution in [0.15, 0.2) is 21.7 Å². The third kappa shape index (κ3) is 3.26. The van der Waals surface area contributed by atoms with E-state index in [2.05, 4.69) is 10.00 Å². The Balaban J connectivity index is 1.59. The van der Waals surface area contributed by atoms with Gasteiger partial charge in [-0.05, 0) is 11.4 Å². The van der Waals surface area contributed by atoms with E-state index in [0.717, 1.165) is 49.8 Å². The van der Waals surface area contributed by atoms with E-state index in [0.29, 0.717) is 23.7 Å². The van der Waals surface area contributed by atoms with Gasteiger partial charge in [0.05, 0.1) is 18.9 Å². The molecule has 2 aliphatic heterocycles. The summed E-state index contributed by atoms with van der Waals surface area (Å²) in [6, 6.07) is 3.45. The van der Waals surface area contributed by atoms with Crippen LogP contribution >= 0.6 is 11.3 Å². The molecule has 0 saturated carbocycles. The molecule has 0 atom stereocenters. The molecule has 0 amide bonds. The van der Waals surface area contributed by atoms with Crippen molar-refractivity contribution < 1.29 is 13.2 Å². The highest BCUT2D eigenvalue weighted by Gasteiger charge is 2.32. The van der Waals surface area contributed by atoms with Crippen molar-refractivity contribution in [2.45, 2.75) is 23.7 Å². The first-order valence-electron chi connectivity index (χ1n) is 8.43. The average Bonchev–Trinajstić information content (AvgIpc) is 3.25. The van der Waals surface area contributed by atoms with E-state index in [9.17, 15) is 8.42 Å². The summed E-state index contributed by atoms with van der Waals surface area (Å²) in [6.45, 7) is 4.93. The molecule has 0 aliphatic carbocycles. The summed E-state index contributed by atoms with van der Waals surface area (Å²) in [6.07, 6.45) is 0.701. The monoisotopic (exact) mass is 382 g/mol. The molecule has 7 nitrogen and oxygen atoms in total. The summed E-state index contributed by atoms with van der Waals surface area (Å²) in [5, 5.41) is 6.48. The van der Waals surface area contributed by atoms with Crippen LogP contribution in [-0.2, 0) is 41.3 Å². The smallest absolute Gasteiger partial charge is 0.252 e. The molecule has 2 aromatic rings. The van der Waals surface area contributed by atoms with Crippen molar-refractivity contribution in [1.29, 1.82) is 0 Å². The number of rotatable bonds is 4. The first kappa shape index (κ1) is 17.2. The second kappa shape index (κ2) is 6.81. The number of aromatic nitrogens is 2. The maximum Gasteiger partial charge on any atom is 0.252 e. The van der Waals surface area contributed by atoms with E-state index in [-0.39, 0.29) is 0 Å². The maximum atomic E-state index is 12.8. The standard InChI is InChI=1S/C16H22N4O3S2/c1-18-15-4-5-20(25(21,22)16-3-2-10-24-16)11-13(15)14(17-18)12-19-6-8-23-9-7-19/h2-3,10H,4-9,11-12H2,1H3. The van der Waals surface area contributed by atoms with Crippen molar-refractivity contribution in [2.75, 3.05) is 32.8 Å². The normalized spacial score (nSPS) is 19.9. The molecule has 4 rings (SSSR count). The predicted molar refractivity (Wildman–Crippen MR) is 94.9 cm³/mol. The number of nitrogens with zero attached hydrogens (tertiary/aromatic N) is 4. The van der Waals surface area contributed by atoms with Gasteiger partial charge in [0.2, 0.25) is 0 Å². The number of fused-ring (bicyclic) bond motifs is 1. The summed E-state index contributed by atoms with van der Waals surface area (Å²) in [4.78, 5) is 2.32. The molecule has 1 fully saturated rings. The minimum atomic E-state index is -3.42. The van der Waals surface area contributed by atoms with Crippen LogP contribution in [0.1, 0.15) is 17.0 Å². The van der Waals surface area contributed by atoms with Crippen molar-refractivity contribution >= 4 is 21.4 Å². The van der Waals surface area contributed by atoms with Gasteiger partial charge in [0.15, 0.2) is 0 Å². The number of aryl methyl sites for hydroxylation is 1. The predicted octanol–water partition coefficient (Wildman–Crippen LogP) is 1.06. The van der Waals surface area contributed by atoms with Gasteiger partial charge in [-0.2, -0.15) is 9.40 Å². The van der Waals surface area contributed by atoms with Crippen LogP contribution in [0.25, 0.3) is 0 Å². The quantitative estimate of drug-likeness (QED) is 0.791. The van der Waals surface area contributed by atoms with Gasteiger partial charge in [0, 0.05) is 57.4 Å². The van der Waals surface area contributed by atoms with Crippen molar-refractivity contribution in [1.82, 2.24) is 19.0 Å². The second-order valence-corrected chi connectivity index (χ2v) is 9.52. The highest BCUT2D eigenvalue weighted by atomic mass is 32.2. The number of ether oxygens (including phenoxy) is 1. The fourth-order valence-electron chi connectivity index (χ4n) is 3.49. The van der Waals surface area contributed by atoms with Crippen molar-refractivity contribution in [3.05, 3.63) is 34.5 Å². The summed E-state index contributed by atoms with van der Waals surface area (Å²) >= 11 is 1.27. The minimum absolute atomic E-state index is 0.406. The zero-order valence-electron chi connectivity index (χ0n) is 14.2. The molecule has 9 heteroatoms. The van der Waals surface area contributed by atoms with Crippen LogP contribution in [0, 0.1) is 0 Å². The van der Waals surface area contributed by atoms with Gasteiger partial charge in [0.25, 0.3) is 10.0 Å². The fraction of sp³-hybridized carbons (Fsp3) is 0.562. The number of hydrogen-bond acceptors (Lipinski definition) is 6. The number of thiophene rings is 1. The summed E-state index contributed by atoms with van der Waals surface area (Å²) < 4.78 is 35.0. The van der Waals surface area contributed by atoms with Crippen molar-refractivity contribution in [3.8, 4) is 0 Å². The lowest BCUT2D eigenvalue weighted by Gasteiger charge is -2.28. The average molecular weight is 383 g/mol. The Morgan fingerprint density at radius 2 is 2.08 bits per heavy atom. The molecular formula is C16H22N4O3S2. The van der Waals surface area contributed by atoms with E-state index >= 15 is 0 Å². The molecule has 0 spiro atoms. The Labute approximate surface area is 151 Å². The molecule has 0 N–H and O–H groups in total. The van der Waals surface area contributed by atoms with Gasteiger partial charge in [0.1, 0.15) is 4.21 Å². The lowest BCUT2D eigenvalue weighted by Crippen LogP contribution is -2.38. The molecule has 0 bridgehead atoms. The van der Waals surface area contributed by atoms with E-state index in [4.69, 9.17) is 4.74 Å². The van der Waals surface area contributed by atoms with E-state index in [1.54, 1.807) is 21.8 Å². The lowest BCUT2D eigenvalue weighted by atomic mass is 10.1. The minimum Gasteiger partial charge on any atom is -0.379 e. The molecular weight excluding hydrogens is 360 g/mol. The van der Waals surface area contributed by atoms with Gasteiger partial charge in [-0.3, -0.25) is 9.58 Å². The third-order valence-electron chi connectivity index (χ3n) is 4.86. The van der Waals surface area contributed by atoms with Gasteiger partial charge in [-0.25, -0.2) is 8.42 Å². The lowest BCUT2D eigenvalue weighted by molar-refractivity contribution is 0.0334. The molecule has 2 aliphatic rings. The molecule has 0 radical (unpaired) electrons. The van der Waals surface area contributed by atoms with Crippen molar-refractivity contribution in [3.63, 3.8) is 0 Å². The SMILES string of the molecule is Cn1nc(CN2CCOCC2)c2c1CCN(S(=O)(=O)c1cccs1)C2. The Morgan fingerprint density at radius 3 is 2.80 bits per heavy atom. The zero-order valence-corrected chi connectivity index (χ0v) is 15.9. The van der Waals surface area contributed by atoms with Crippen LogP contribution in [0.3, 0.4) is 0 Å². The van der Waals surface area contributed by atoms with Gasteiger partial charge < -0.3 is 4.74 Å². The van der Waals surface area contributed by atoms with E-state index in [1.165, 1.54) is 11.3 Å². The molecule has 0 unspecified atom stereocenters. The molecule has 25 heavy (non-hydrogen) atoms. The number of hydrogen-bond donors (Lipinski definition) is 0.